The number of piperazine rings is 1. The number of carbonyl (C=O) groups is 2. The molecule has 7 heteroatoms. The van der Waals surface area contributed by atoms with E-state index in [-0.39, 0.29) is 11.9 Å². The lowest BCUT2D eigenvalue weighted by atomic mass is 9.96. The quantitative estimate of drug-likeness (QED) is 0.607. The lowest BCUT2D eigenvalue weighted by Gasteiger charge is -2.34. The summed E-state index contributed by atoms with van der Waals surface area (Å²) >= 11 is 0. The van der Waals surface area contributed by atoms with Gasteiger partial charge in [-0.3, -0.25) is 9.69 Å². The van der Waals surface area contributed by atoms with Crippen LogP contribution in [0.25, 0.3) is 0 Å². The van der Waals surface area contributed by atoms with Gasteiger partial charge < -0.3 is 20.3 Å². The predicted octanol–water partition coefficient (Wildman–Crippen LogP) is 2.62. The molecule has 3 amide bonds. The average Bonchev–Trinajstić information content (AvgIpc) is 2.78. The Balaban J connectivity index is 1.21. The van der Waals surface area contributed by atoms with E-state index in [1.165, 1.54) is 19.3 Å². The molecule has 0 unspecified atom stereocenters. The zero-order valence-corrected chi connectivity index (χ0v) is 18.0. The fourth-order valence-corrected chi connectivity index (χ4v) is 4.11. The number of hydrogen-bond acceptors (Lipinski definition) is 4. The van der Waals surface area contributed by atoms with Gasteiger partial charge in [0.05, 0.1) is 0 Å². The maximum atomic E-state index is 12.4. The van der Waals surface area contributed by atoms with Crippen molar-refractivity contribution in [2.24, 2.45) is 0 Å². The van der Waals surface area contributed by atoms with Crippen molar-refractivity contribution in [2.45, 2.75) is 51.0 Å². The second kappa shape index (κ2) is 12.4. The summed E-state index contributed by atoms with van der Waals surface area (Å²) in [4.78, 5) is 28.6. The second-order valence-electron chi connectivity index (χ2n) is 8.22. The highest BCUT2D eigenvalue weighted by molar-refractivity contribution is 5.76. The zero-order valence-electron chi connectivity index (χ0n) is 18.0. The molecule has 1 aromatic rings. The first-order valence-corrected chi connectivity index (χ1v) is 11.4. The summed E-state index contributed by atoms with van der Waals surface area (Å²) in [6.07, 6.45) is 7.01. The first-order valence-electron chi connectivity index (χ1n) is 11.4. The van der Waals surface area contributed by atoms with Gasteiger partial charge in [-0.15, -0.1) is 0 Å². The Morgan fingerprint density at radius 3 is 2.47 bits per heavy atom. The second-order valence-corrected chi connectivity index (χ2v) is 8.22. The molecule has 1 heterocycles. The number of nitrogens with one attached hydrogen (secondary N) is 2. The summed E-state index contributed by atoms with van der Waals surface area (Å²) in [5.74, 6) is 1.08. The maximum Gasteiger partial charge on any atom is 0.315 e. The molecule has 0 bridgehead atoms. The first kappa shape index (κ1) is 22.4. The van der Waals surface area contributed by atoms with Crippen LogP contribution >= 0.6 is 0 Å². The van der Waals surface area contributed by atoms with E-state index in [9.17, 15) is 9.59 Å². The van der Waals surface area contributed by atoms with Gasteiger partial charge in [-0.05, 0) is 31.4 Å². The van der Waals surface area contributed by atoms with Crippen LogP contribution in [0.2, 0.25) is 0 Å². The van der Waals surface area contributed by atoms with Crippen molar-refractivity contribution < 1.29 is 14.3 Å². The van der Waals surface area contributed by atoms with Gasteiger partial charge >= 0.3 is 6.03 Å². The number of amides is 3. The Kier molecular flexibility index (Phi) is 9.28. The number of para-hydroxylation sites is 1. The molecular weight excluding hydrogens is 380 g/mol. The van der Waals surface area contributed by atoms with Crippen molar-refractivity contribution >= 4 is 11.9 Å². The van der Waals surface area contributed by atoms with E-state index in [1.807, 2.05) is 35.2 Å². The van der Waals surface area contributed by atoms with Crippen LogP contribution in [0, 0.1) is 0 Å². The van der Waals surface area contributed by atoms with E-state index in [0.717, 1.165) is 51.3 Å². The van der Waals surface area contributed by atoms with Crippen LogP contribution in [-0.4, -0.2) is 73.7 Å². The third kappa shape index (κ3) is 7.86. The molecule has 2 N–H and O–H groups in total. The van der Waals surface area contributed by atoms with Crippen LogP contribution in [0.1, 0.15) is 44.9 Å². The molecule has 3 rings (SSSR count). The fraction of sp³-hybridized carbons (Fsp3) is 0.652. The minimum atomic E-state index is -0.0966. The van der Waals surface area contributed by atoms with Gasteiger partial charge in [-0.2, -0.15) is 0 Å². The highest BCUT2D eigenvalue weighted by atomic mass is 16.5. The third-order valence-corrected chi connectivity index (χ3v) is 5.94. The molecule has 1 saturated carbocycles. The molecule has 30 heavy (non-hydrogen) atoms. The number of urea groups is 1. The number of rotatable bonds is 9. The third-order valence-electron chi connectivity index (χ3n) is 5.94. The van der Waals surface area contributed by atoms with E-state index < -0.39 is 0 Å². The topological polar surface area (TPSA) is 73.9 Å². The standard InChI is InChI=1S/C23H36N4O3/c28-22(12-7-13-24-23(29)25-20-8-3-1-4-9-20)27-16-14-26(15-17-27)18-19-30-21-10-5-2-6-11-21/h2,5-6,10-11,20H,1,3-4,7-9,12-19H2,(H2,24,25,29). The molecule has 1 saturated heterocycles. The summed E-state index contributed by atoms with van der Waals surface area (Å²) in [5, 5.41) is 5.93. The Labute approximate surface area is 180 Å². The molecular formula is C23H36N4O3. The molecule has 7 nitrogen and oxygen atoms in total. The number of ether oxygens (including phenoxy) is 1. The lowest BCUT2D eigenvalue weighted by molar-refractivity contribution is -0.133. The molecule has 0 radical (unpaired) electrons. The van der Waals surface area contributed by atoms with Crippen LogP contribution in [0.3, 0.4) is 0 Å². The number of carbonyl (C=O) groups excluding carboxylic acids is 2. The van der Waals surface area contributed by atoms with Crippen molar-refractivity contribution in [1.29, 1.82) is 0 Å². The lowest BCUT2D eigenvalue weighted by Crippen LogP contribution is -2.49. The molecule has 0 atom stereocenters. The molecule has 0 aromatic heterocycles. The SMILES string of the molecule is O=C(NCCCC(=O)N1CCN(CCOc2ccccc2)CC1)NC1CCCCC1. The van der Waals surface area contributed by atoms with Gasteiger partial charge in [0.2, 0.25) is 5.91 Å². The van der Waals surface area contributed by atoms with Gasteiger partial charge in [0.25, 0.3) is 0 Å². The van der Waals surface area contributed by atoms with Crippen molar-refractivity contribution in [3.8, 4) is 5.75 Å². The number of nitrogens with zero attached hydrogens (tertiary/aromatic N) is 2. The van der Waals surface area contributed by atoms with Gasteiger partial charge in [0.1, 0.15) is 12.4 Å². The number of benzene rings is 1. The summed E-state index contributed by atoms with van der Waals surface area (Å²) in [7, 11) is 0. The summed E-state index contributed by atoms with van der Waals surface area (Å²) in [5.41, 5.74) is 0. The minimum Gasteiger partial charge on any atom is -0.492 e. The smallest absolute Gasteiger partial charge is 0.315 e. The van der Waals surface area contributed by atoms with Crippen molar-refractivity contribution in [3.63, 3.8) is 0 Å². The van der Waals surface area contributed by atoms with Gasteiger partial charge in [0.15, 0.2) is 0 Å². The number of hydrogen-bond donors (Lipinski definition) is 2. The van der Waals surface area contributed by atoms with Gasteiger partial charge in [-0.1, -0.05) is 37.5 Å². The Hall–Kier alpha value is -2.28. The van der Waals surface area contributed by atoms with Crippen molar-refractivity contribution in [1.82, 2.24) is 20.4 Å². The van der Waals surface area contributed by atoms with Crippen LogP contribution in [0.5, 0.6) is 5.75 Å². The molecule has 2 fully saturated rings. The molecule has 166 valence electrons. The molecule has 0 spiro atoms. The molecule has 1 aromatic carbocycles. The van der Waals surface area contributed by atoms with Gasteiger partial charge in [-0.25, -0.2) is 4.79 Å². The molecule has 1 aliphatic carbocycles. The van der Waals surface area contributed by atoms with Crippen molar-refractivity contribution in [2.75, 3.05) is 45.9 Å². The van der Waals surface area contributed by atoms with Crippen LogP contribution in [0.4, 0.5) is 4.79 Å². The summed E-state index contributed by atoms with van der Waals surface area (Å²) in [6, 6.07) is 10.1. The average molecular weight is 417 g/mol. The normalized spacial score (nSPS) is 18.1. The Morgan fingerprint density at radius 1 is 1.00 bits per heavy atom. The van der Waals surface area contributed by atoms with E-state index in [0.29, 0.717) is 32.0 Å². The van der Waals surface area contributed by atoms with E-state index >= 15 is 0 Å². The highest BCUT2D eigenvalue weighted by Crippen LogP contribution is 2.17. The van der Waals surface area contributed by atoms with E-state index in [4.69, 9.17) is 4.74 Å². The van der Waals surface area contributed by atoms with Gasteiger partial charge in [0, 0.05) is 51.7 Å². The largest absolute Gasteiger partial charge is 0.492 e. The predicted molar refractivity (Wildman–Crippen MR) is 118 cm³/mol. The van der Waals surface area contributed by atoms with Crippen LogP contribution in [-0.2, 0) is 4.79 Å². The minimum absolute atomic E-state index is 0.0966. The Morgan fingerprint density at radius 2 is 1.73 bits per heavy atom. The van der Waals surface area contributed by atoms with Crippen molar-refractivity contribution in [3.05, 3.63) is 30.3 Å². The first-order chi connectivity index (χ1) is 14.7. The van der Waals surface area contributed by atoms with Crippen LogP contribution < -0.4 is 15.4 Å². The summed E-state index contributed by atoms with van der Waals surface area (Å²) in [6.45, 7) is 5.36. The fourth-order valence-electron chi connectivity index (χ4n) is 4.11. The summed E-state index contributed by atoms with van der Waals surface area (Å²) < 4.78 is 5.75. The monoisotopic (exact) mass is 416 g/mol. The van der Waals surface area contributed by atoms with E-state index in [1.54, 1.807) is 0 Å². The van der Waals surface area contributed by atoms with Crippen LogP contribution in [0.15, 0.2) is 30.3 Å². The molecule has 1 aliphatic heterocycles. The van der Waals surface area contributed by atoms with E-state index in [2.05, 4.69) is 15.5 Å². The Bertz CT molecular complexity index is 641. The zero-order chi connectivity index (χ0) is 21.0. The molecule has 2 aliphatic rings. The maximum absolute atomic E-state index is 12.4. The highest BCUT2D eigenvalue weighted by Gasteiger charge is 2.21.